The SMILES string of the molecule is CCCN(CCC)C(=O)C1=Cc2ccc(-c3cc(S(=O)(=O)N4CC(CO)C4)ccc3CN(C)CCC(C)(C)OCCC(C)(C)C(=O)OC)cc2N=C(N)C1. The van der Waals surface area contributed by atoms with Crippen molar-refractivity contribution in [2.45, 2.75) is 90.7 Å². The zero-order valence-electron chi connectivity index (χ0n) is 33.5. The van der Waals surface area contributed by atoms with Gasteiger partial charge in [0.2, 0.25) is 15.9 Å². The fraction of sp³-hybridized carbons (Fsp3) is 0.585. The van der Waals surface area contributed by atoms with E-state index in [2.05, 4.69) is 18.7 Å². The van der Waals surface area contributed by atoms with Crippen molar-refractivity contribution in [2.24, 2.45) is 22.1 Å². The van der Waals surface area contributed by atoms with Crippen molar-refractivity contribution in [3.05, 3.63) is 53.1 Å². The third-order valence-electron chi connectivity index (χ3n) is 10.3. The fourth-order valence-electron chi connectivity index (χ4n) is 6.72. The average Bonchev–Trinajstić information content (AvgIpc) is 3.26. The zero-order chi connectivity index (χ0) is 39.8. The first-order chi connectivity index (χ1) is 25.4. The number of methoxy groups -OCH3 is 1. The number of amidine groups is 1. The number of benzene rings is 2. The number of amides is 1. The monoisotopic (exact) mass is 767 g/mol. The Morgan fingerprint density at radius 3 is 2.33 bits per heavy atom. The van der Waals surface area contributed by atoms with Crippen LogP contribution in [0.3, 0.4) is 0 Å². The Morgan fingerprint density at radius 1 is 1.02 bits per heavy atom. The second-order valence-corrected chi connectivity index (χ2v) is 17.9. The predicted octanol–water partition coefficient (Wildman–Crippen LogP) is 5.60. The molecular formula is C41H61N5O7S. The molecule has 0 aromatic heterocycles. The van der Waals surface area contributed by atoms with Crippen LogP contribution in [0, 0.1) is 11.3 Å². The highest BCUT2D eigenvalue weighted by atomic mass is 32.2. The van der Waals surface area contributed by atoms with Crippen LogP contribution in [0.15, 0.2) is 51.9 Å². The molecule has 2 aliphatic rings. The summed E-state index contributed by atoms with van der Waals surface area (Å²) in [6, 6.07) is 11.0. The van der Waals surface area contributed by atoms with E-state index in [1.807, 2.05) is 70.0 Å². The Bertz CT molecular complexity index is 1810. The van der Waals surface area contributed by atoms with Gasteiger partial charge in [0.1, 0.15) is 5.84 Å². The summed E-state index contributed by atoms with van der Waals surface area (Å²) < 4.78 is 39.9. The molecule has 4 rings (SSSR count). The van der Waals surface area contributed by atoms with Gasteiger partial charge in [-0.25, -0.2) is 13.4 Å². The van der Waals surface area contributed by atoms with Gasteiger partial charge in [0.25, 0.3) is 0 Å². The van der Waals surface area contributed by atoms with Gasteiger partial charge in [0.15, 0.2) is 0 Å². The average molecular weight is 768 g/mol. The summed E-state index contributed by atoms with van der Waals surface area (Å²) in [6.45, 7) is 15.4. The van der Waals surface area contributed by atoms with Crippen molar-refractivity contribution in [3.63, 3.8) is 0 Å². The Hall–Kier alpha value is -3.62. The van der Waals surface area contributed by atoms with E-state index in [-0.39, 0.29) is 48.8 Å². The minimum Gasteiger partial charge on any atom is -0.469 e. The Labute approximate surface area is 322 Å². The Morgan fingerprint density at radius 2 is 1.70 bits per heavy atom. The molecule has 2 aromatic rings. The quantitative estimate of drug-likeness (QED) is 0.174. The lowest BCUT2D eigenvalue weighted by molar-refractivity contribution is -0.152. The van der Waals surface area contributed by atoms with Gasteiger partial charge in [-0.1, -0.05) is 32.0 Å². The number of hydrogen-bond donors (Lipinski definition) is 2. The lowest BCUT2D eigenvalue weighted by atomic mass is 9.90. The molecule has 0 aliphatic carbocycles. The smallest absolute Gasteiger partial charge is 0.311 e. The Kier molecular flexibility index (Phi) is 14.6. The fourth-order valence-corrected chi connectivity index (χ4v) is 8.34. The van der Waals surface area contributed by atoms with Gasteiger partial charge in [0.05, 0.1) is 28.7 Å². The molecule has 3 N–H and O–H groups in total. The van der Waals surface area contributed by atoms with Crippen molar-refractivity contribution >= 4 is 39.5 Å². The first-order valence-electron chi connectivity index (χ1n) is 19.1. The van der Waals surface area contributed by atoms with E-state index in [0.29, 0.717) is 56.3 Å². The summed E-state index contributed by atoms with van der Waals surface area (Å²) in [5.41, 5.74) is 9.76. The van der Waals surface area contributed by atoms with Gasteiger partial charge in [-0.2, -0.15) is 4.31 Å². The minimum absolute atomic E-state index is 0.0370. The van der Waals surface area contributed by atoms with Crippen LogP contribution >= 0.6 is 0 Å². The highest BCUT2D eigenvalue weighted by molar-refractivity contribution is 7.89. The molecule has 1 fully saturated rings. The molecule has 0 atom stereocenters. The summed E-state index contributed by atoms with van der Waals surface area (Å²) >= 11 is 0. The topological polar surface area (TPSA) is 155 Å². The summed E-state index contributed by atoms with van der Waals surface area (Å²) in [5, 5.41) is 9.51. The van der Waals surface area contributed by atoms with Crippen LogP contribution in [0.1, 0.15) is 84.8 Å². The van der Waals surface area contributed by atoms with Crippen LogP contribution in [-0.4, -0.2) is 111 Å². The number of aliphatic hydroxyl groups excluding tert-OH is 1. The molecule has 54 heavy (non-hydrogen) atoms. The van der Waals surface area contributed by atoms with Gasteiger partial charge >= 0.3 is 5.97 Å². The number of carbonyl (C=O) groups is 2. The molecule has 0 bridgehead atoms. The number of sulfonamides is 1. The van der Waals surface area contributed by atoms with E-state index in [9.17, 15) is 23.1 Å². The molecule has 0 unspecified atom stereocenters. The maximum absolute atomic E-state index is 13.7. The molecule has 2 aliphatic heterocycles. The zero-order valence-corrected chi connectivity index (χ0v) is 34.3. The number of rotatable bonds is 19. The van der Waals surface area contributed by atoms with Gasteiger partial charge in [-0.05, 0) is 101 Å². The van der Waals surface area contributed by atoms with E-state index in [1.54, 1.807) is 12.1 Å². The first-order valence-corrected chi connectivity index (χ1v) is 20.5. The predicted molar refractivity (Wildman–Crippen MR) is 214 cm³/mol. The van der Waals surface area contributed by atoms with E-state index in [1.165, 1.54) is 11.4 Å². The van der Waals surface area contributed by atoms with E-state index in [4.69, 9.17) is 20.2 Å². The maximum atomic E-state index is 13.7. The number of carbonyl (C=O) groups excluding carboxylic acids is 2. The molecule has 1 amide bonds. The normalized spacial score (nSPS) is 15.6. The minimum atomic E-state index is -3.78. The second kappa shape index (κ2) is 18.3. The molecular weight excluding hydrogens is 707 g/mol. The third kappa shape index (κ3) is 10.8. The lowest BCUT2D eigenvalue weighted by Crippen LogP contribution is -2.51. The molecule has 2 heterocycles. The van der Waals surface area contributed by atoms with Gasteiger partial charge in [-0.3, -0.25) is 9.59 Å². The molecule has 0 saturated carbocycles. The van der Waals surface area contributed by atoms with Crippen molar-refractivity contribution < 1.29 is 32.6 Å². The highest BCUT2D eigenvalue weighted by Crippen LogP contribution is 2.36. The van der Waals surface area contributed by atoms with Gasteiger partial charge in [0, 0.05) is 76.0 Å². The van der Waals surface area contributed by atoms with Gasteiger partial charge in [-0.15, -0.1) is 0 Å². The summed E-state index contributed by atoms with van der Waals surface area (Å²) in [7, 11) is -0.367. The second-order valence-electron chi connectivity index (χ2n) is 15.9. The van der Waals surface area contributed by atoms with Crippen LogP contribution in [-0.2, 0) is 35.6 Å². The van der Waals surface area contributed by atoms with E-state index in [0.717, 1.165) is 41.5 Å². The number of aliphatic imine (C=N–C) groups is 1. The van der Waals surface area contributed by atoms with Crippen LogP contribution in [0.25, 0.3) is 17.2 Å². The maximum Gasteiger partial charge on any atom is 0.311 e. The number of ether oxygens (including phenoxy) is 2. The summed E-state index contributed by atoms with van der Waals surface area (Å²) in [4.78, 5) is 34.6. The molecule has 12 nitrogen and oxygen atoms in total. The largest absolute Gasteiger partial charge is 0.469 e. The number of nitrogens with two attached hydrogens (primary N) is 1. The first kappa shape index (κ1) is 43.1. The Balaban J connectivity index is 1.62. The number of esters is 1. The van der Waals surface area contributed by atoms with Crippen LogP contribution in [0.4, 0.5) is 5.69 Å². The standard InChI is InChI=1S/C41H61N5O7S/c1-9-17-45(18-10-2)38(48)33-21-31-12-11-30(22-36(31)43-37(42)23-33)35-24-34(54(50,51)46-25-29(26-46)28-47)14-13-32(35)27-44(7)19-15-41(5,6)53-20-16-40(3,4)39(49)52-8/h11-14,21-22,24,29,47H,9-10,15-20,23,25-28H2,1-8H3,(H2,42,43). The van der Waals surface area contributed by atoms with Crippen LogP contribution in [0.5, 0.6) is 0 Å². The van der Waals surface area contributed by atoms with Crippen LogP contribution < -0.4 is 5.73 Å². The van der Waals surface area contributed by atoms with Crippen molar-refractivity contribution in [1.82, 2.24) is 14.1 Å². The molecule has 1 saturated heterocycles. The van der Waals surface area contributed by atoms with Gasteiger partial charge < -0.3 is 30.1 Å². The molecule has 0 spiro atoms. The van der Waals surface area contributed by atoms with E-state index < -0.39 is 21.0 Å². The van der Waals surface area contributed by atoms with Crippen molar-refractivity contribution in [1.29, 1.82) is 0 Å². The van der Waals surface area contributed by atoms with Crippen molar-refractivity contribution in [2.75, 3.05) is 60.1 Å². The molecule has 298 valence electrons. The summed E-state index contributed by atoms with van der Waals surface area (Å²) in [6.07, 6.45) is 5.09. The number of hydrogen-bond acceptors (Lipinski definition) is 10. The lowest BCUT2D eigenvalue weighted by Gasteiger charge is -2.37. The highest BCUT2D eigenvalue weighted by Gasteiger charge is 2.37. The summed E-state index contributed by atoms with van der Waals surface area (Å²) in [5.74, 6) is -0.0251. The molecule has 2 aromatic carbocycles. The third-order valence-corrected chi connectivity index (χ3v) is 12.1. The number of fused-ring (bicyclic) bond motifs is 1. The molecule has 13 heteroatoms. The van der Waals surface area contributed by atoms with E-state index >= 15 is 0 Å². The number of aliphatic hydroxyl groups is 1. The molecule has 0 radical (unpaired) electrons. The number of nitrogens with zero attached hydrogens (tertiary/aromatic N) is 4. The van der Waals surface area contributed by atoms with Crippen molar-refractivity contribution in [3.8, 4) is 11.1 Å². The van der Waals surface area contributed by atoms with Crippen LogP contribution in [0.2, 0.25) is 0 Å².